The quantitative estimate of drug-likeness (QED) is 0.561. The fourth-order valence-corrected chi connectivity index (χ4v) is 4.73. The molecule has 10 heteroatoms. The maximum absolute atomic E-state index is 6.08. The first-order valence-corrected chi connectivity index (χ1v) is 12.9. The number of nitrogens with zero attached hydrogens (tertiary/aromatic N) is 4. The second-order valence-electron chi connectivity index (χ2n) is 8.95. The van der Waals surface area contributed by atoms with E-state index >= 15 is 0 Å². The number of hydrogen-bond donors (Lipinski definition) is 0. The van der Waals surface area contributed by atoms with E-state index in [4.69, 9.17) is 52.4 Å². The van der Waals surface area contributed by atoms with Crippen LogP contribution in [0.5, 0.6) is 0 Å². The van der Waals surface area contributed by atoms with Crippen LogP contribution in [0.3, 0.4) is 0 Å². The van der Waals surface area contributed by atoms with E-state index < -0.39 is 0 Å². The maximum Gasteiger partial charge on any atom is 0.0868 e. The first-order chi connectivity index (χ1) is 17.7. The zero-order valence-electron chi connectivity index (χ0n) is 20.0. The Hall–Kier alpha value is -2.20. The molecule has 0 aromatic heterocycles. The van der Waals surface area contributed by atoms with E-state index in [1.807, 2.05) is 58.5 Å². The lowest BCUT2D eigenvalue weighted by Gasteiger charge is -2.24. The largest absolute Gasteiger partial charge is 0.377 e. The van der Waals surface area contributed by atoms with Crippen molar-refractivity contribution in [2.45, 2.75) is 24.9 Å². The van der Waals surface area contributed by atoms with Gasteiger partial charge in [-0.1, -0.05) is 23.2 Å². The Morgan fingerprint density at radius 2 is 0.972 bits per heavy atom. The van der Waals surface area contributed by atoms with Crippen LogP contribution in [0.2, 0.25) is 10.0 Å². The van der Waals surface area contributed by atoms with Gasteiger partial charge in [-0.15, -0.1) is 0 Å². The Morgan fingerprint density at radius 3 is 1.39 bits per heavy atom. The molecule has 4 bridgehead atoms. The smallest absolute Gasteiger partial charge is 0.0868 e. The molecule has 36 heavy (non-hydrogen) atoms. The Bertz CT molecular complexity index is 979. The predicted octanol–water partition coefficient (Wildman–Crippen LogP) is 4.64. The molecule has 2 atom stereocenters. The van der Waals surface area contributed by atoms with Crippen LogP contribution in [-0.2, 0) is 18.9 Å². The third kappa shape index (κ3) is 6.56. The first kappa shape index (κ1) is 25.4. The van der Waals surface area contributed by atoms with Crippen LogP contribution in [0.4, 0.5) is 11.4 Å². The van der Waals surface area contributed by atoms with Crippen molar-refractivity contribution < 1.29 is 18.9 Å². The summed E-state index contributed by atoms with van der Waals surface area (Å²) in [4.78, 5) is 0. The van der Waals surface area contributed by atoms with Gasteiger partial charge in [0, 0.05) is 22.9 Å². The van der Waals surface area contributed by atoms with Gasteiger partial charge in [-0.2, -0.15) is 10.2 Å². The normalized spacial score (nSPS) is 24.2. The summed E-state index contributed by atoms with van der Waals surface area (Å²) in [7, 11) is 0. The monoisotopic (exact) mass is 532 g/mol. The van der Waals surface area contributed by atoms with Gasteiger partial charge >= 0.3 is 0 Å². The lowest BCUT2D eigenvalue weighted by Crippen LogP contribution is -2.33. The Kier molecular flexibility index (Phi) is 8.74. The lowest BCUT2D eigenvalue weighted by molar-refractivity contribution is 0.0384. The minimum absolute atomic E-state index is 0.0890. The SMILES string of the molecule is Clc1ccc(N2N=C3COCCOCC4=NN(c5ccc(Cl)cc5)[C@@H](COCCOC[C@@H]2C3)C4)cc1. The molecule has 0 spiro atoms. The van der Waals surface area contributed by atoms with Crippen LogP contribution in [0.15, 0.2) is 58.7 Å². The zero-order chi connectivity index (χ0) is 24.7. The fraction of sp³-hybridized carbons (Fsp3) is 0.462. The van der Waals surface area contributed by atoms with Crippen LogP contribution in [-0.4, -0.2) is 76.4 Å². The number of anilines is 2. The van der Waals surface area contributed by atoms with E-state index in [-0.39, 0.29) is 12.1 Å². The molecule has 1 saturated heterocycles. The van der Waals surface area contributed by atoms with Crippen LogP contribution in [0, 0.1) is 0 Å². The molecular formula is C26H30Cl2N4O4. The second kappa shape index (κ2) is 12.4. The van der Waals surface area contributed by atoms with Gasteiger partial charge in [0.05, 0.1) is 87.7 Å². The molecule has 0 aliphatic carbocycles. The van der Waals surface area contributed by atoms with E-state index in [1.165, 1.54) is 0 Å². The van der Waals surface area contributed by atoms with E-state index in [0.29, 0.717) is 62.9 Å². The van der Waals surface area contributed by atoms with Gasteiger partial charge in [0.2, 0.25) is 0 Å². The van der Waals surface area contributed by atoms with Crippen LogP contribution in [0.25, 0.3) is 0 Å². The average molecular weight is 533 g/mol. The number of hydrazone groups is 2. The molecule has 2 aromatic carbocycles. The zero-order valence-corrected chi connectivity index (χ0v) is 21.5. The van der Waals surface area contributed by atoms with E-state index in [9.17, 15) is 0 Å². The van der Waals surface area contributed by atoms with Gasteiger partial charge in [-0.3, -0.25) is 10.0 Å². The van der Waals surface area contributed by atoms with Crippen molar-refractivity contribution in [2.24, 2.45) is 10.2 Å². The summed E-state index contributed by atoms with van der Waals surface area (Å²) < 4.78 is 23.7. The maximum atomic E-state index is 6.08. The molecule has 0 amide bonds. The van der Waals surface area contributed by atoms with Crippen molar-refractivity contribution >= 4 is 46.0 Å². The highest BCUT2D eigenvalue weighted by Crippen LogP contribution is 2.28. The summed E-state index contributed by atoms with van der Waals surface area (Å²) in [5.41, 5.74) is 3.93. The van der Waals surface area contributed by atoms with Crippen molar-refractivity contribution in [3.8, 4) is 0 Å². The van der Waals surface area contributed by atoms with Gasteiger partial charge in [-0.25, -0.2) is 0 Å². The van der Waals surface area contributed by atoms with Gasteiger partial charge < -0.3 is 18.9 Å². The third-order valence-corrected chi connectivity index (χ3v) is 6.72. The molecule has 1 fully saturated rings. The average Bonchev–Trinajstić information content (AvgIpc) is 3.48. The Morgan fingerprint density at radius 1 is 0.583 bits per heavy atom. The van der Waals surface area contributed by atoms with Crippen molar-refractivity contribution in [1.82, 2.24) is 0 Å². The molecule has 0 unspecified atom stereocenters. The molecule has 8 nitrogen and oxygen atoms in total. The summed E-state index contributed by atoms with van der Waals surface area (Å²) in [5.74, 6) is 0. The fourth-order valence-electron chi connectivity index (χ4n) is 4.48. The highest BCUT2D eigenvalue weighted by molar-refractivity contribution is 6.30. The van der Waals surface area contributed by atoms with E-state index in [0.717, 1.165) is 35.6 Å². The molecule has 192 valence electrons. The van der Waals surface area contributed by atoms with Gasteiger partial charge in [0.15, 0.2) is 0 Å². The second-order valence-corrected chi connectivity index (χ2v) is 9.82. The summed E-state index contributed by atoms with van der Waals surface area (Å²) in [6, 6.07) is 15.6. The number of rotatable bonds is 2. The van der Waals surface area contributed by atoms with Gasteiger partial charge in [-0.05, 0) is 48.5 Å². The number of hydrogen-bond acceptors (Lipinski definition) is 8. The molecule has 5 rings (SSSR count). The molecule has 2 aromatic rings. The number of fused-ring (bicyclic) bond motifs is 4. The molecule has 3 aliphatic rings. The molecule has 0 saturated carbocycles. The predicted molar refractivity (Wildman–Crippen MR) is 143 cm³/mol. The minimum Gasteiger partial charge on any atom is -0.377 e. The number of ether oxygens (including phenoxy) is 4. The van der Waals surface area contributed by atoms with Crippen molar-refractivity contribution in [3.05, 3.63) is 58.6 Å². The molecule has 0 N–H and O–H groups in total. The number of benzene rings is 2. The van der Waals surface area contributed by atoms with Crippen LogP contribution < -0.4 is 10.0 Å². The van der Waals surface area contributed by atoms with Gasteiger partial charge in [0.25, 0.3) is 0 Å². The third-order valence-electron chi connectivity index (χ3n) is 6.22. The van der Waals surface area contributed by atoms with Crippen molar-refractivity contribution in [1.29, 1.82) is 0 Å². The molecule has 3 aliphatic heterocycles. The molecular weight excluding hydrogens is 503 g/mol. The van der Waals surface area contributed by atoms with Crippen LogP contribution in [0.1, 0.15) is 12.8 Å². The minimum atomic E-state index is 0.0890. The highest BCUT2D eigenvalue weighted by Gasteiger charge is 2.29. The molecule has 0 radical (unpaired) electrons. The lowest BCUT2D eigenvalue weighted by atomic mass is 10.1. The highest BCUT2D eigenvalue weighted by atomic mass is 35.5. The Labute approximate surface area is 221 Å². The summed E-state index contributed by atoms with van der Waals surface area (Å²) in [5, 5.41) is 15.0. The molecule has 3 heterocycles. The summed E-state index contributed by atoms with van der Waals surface area (Å²) >= 11 is 12.2. The van der Waals surface area contributed by atoms with Gasteiger partial charge in [0.1, 0.15) is 0 Å². The Balaban J connectivity index is 1.23. The van der Waals surface area contributed by atoms with E-state index in [1.54, 1.807) is 0 Å². The standard InChI is InChI=1S/C26H30Cl2N4O4/c27-19-1-5-23(6-2-19)31-25-13-21(29-31)15-33-9-10-34-16-22-14-26(18-36-12-11-35-17-25)32(30-22)24-7-3-20(28)4-8-24/h1-8,25-26H,9-18H2/t25-,26+. The summed E-state index contributed by atoms with van der Waals surface area (Å²) in [6.45, 7) is 3.97. The van der Waals surface area contributed by atoms with Crippen molar-refractivity contribution in [3.63, 3.8) is 0 Å². The van der Waals surface area contributed by atoms with E-state index in [2.05, 4.69) is 0 Å². The first-order valence-electron chi connectivity index (χ1n) is 12.2. The van der Waals surface area contributed by atoms with Crippen LogP contribution >= 0.6 is 23.2 Å². The van der Waals surface area contributed by atoms with Crippen molar-refractivity contribution in [2.75, 3.05) is 62.9 Å². The number of halogens is 2. The topological polar surface area (TPSA) is 68.1 Å². The summed E-state index contributed by atoms with van der Waals surface area (Å²) in [6.07, 6.45) is 1.55.